The average Bonchev–Trinajstić information content (AvgIpc) is 2.02. The molecule has 0 aliphatic carbocycles. The minimum absolute atomic E-state index is 1.10. The number of hydrogen-bond acceptors (Lipinski definition) is 1. The Morgan fingerprint density at radius 1 is 1.00 bits per heavy atom. The van der Waals surface area contributed by atoms with Crippen molar-refractivity contribution in [3.05, 3.63) is 34.7 Å². The molecule has 0 radical (unpaired) electrons. The highest BCUT2D eigenvalue weighted by Gasteiger charge is 2.05. The third-order valence-corrected chi connectivity index (χ3v) is 2.43. The van der Waals surface area contributed by atoms with Crippen LogP contribution in [0.25, 0.3) is 6.08 Å². The lowest BCUT2D eigenvalue weighted by molar-refractivity contribution is 1.05. The summed E-state index contributed by atoms with van der Waals surface area (Å²) in [4.78, 5) is 4.43. The number of pyridine rings is 1. The second kappa shape index (κ2) is 3.10. The lowest BCUT2D eigenvalue weighted by Gasteiger charge is -2.10. The summed E-state index contributed by atoms with van der Waals surface area (Å²) in [5.74, 6) is 0. The average molecular weight is 161 g/mol. The Hall–Kier alpha value is -1.11. The molecule has 0 saturated carbocycles. The first-order chi connectivity index (χ1) is 5.57. The largest absolute Gasteiger partial charge is 0.258 e. The van der Waals surface area contributed by atoms with Gasteiger partial charge in [-0.2, -0.15) is 0 Å². The maximum atomic E-state index is 4.43. The Kier molecular flexibility index (Phi) is 2.32. The molecule has 1 nitrogen and oxygen atoms in total. The Bertz CT molecular complexity index is 298. The Balaban J connectivity index is 3.52. The standard InChI is InChI=1S/C11H15N/c1-6-11-7(2)9(4)12-10(5)8(11)3/h6H,1H2,2-5H3. The highest BCUT2D eigenvalue weighted by molar-refractivity contribution is 5.57. The molecule has 0 fully saturated rings. The first-order valence-electron chi connectivity index (χ1n) is 4.14. The van der Waals surface area contributed by atoms with E-state index in [1.807, 2.05) is 19.9 Å². The van der Waals surface area contributed by atoms with E-state index in [0.29, 0.717) is 0 Å². The molecule has 0 unspecified atom stereocenters. The van der Waals surface area contributed by atoms with E-state index in [0.717, 1.165) is 11.4 Å². The fourth-order valence-electron chi connectivity index (χ4n) is 1.40. The summed E-state index contributed by atoms with van der Waals surface area (Å²) in [5, 5.41) is 0. The van der Waals surface area contributed by atoms with Crippen LogP contribution in [0.5, 0.6) is 0 Å². The molecule has 0 aliphatic rings. The normalized spacial score (nSPS) is 10.0. The van der Waals surface area contributed by atoms with Gasteiger partial charge in [0.15, 0.2) is 0 Å². The molecule has 1 heterocycles. The van der Waals surface area contributed by atoms with Crippen molar-refractivity contribution in [3.8, 4) is 0 Å². The van der Waals surface area contributed by atoms with Crippen LogP contribution in [0.15, 0.2) is 6.58 Å². The van der Waals surface area contributed by atoms with E-state index in [1.54, 1.807) is 0 Å². The van der Waals surface area contributed by atoms with Gasteiger partial charge >= 0.3 is 0 Å². The van der Waals surface area contributed by atoms with Gasteiger partial charge < -0.3 is 0 Å². The molecule has 0 amide bonds. The molecule has 0 aromatic carbocycles. The zero-order chi connectivity index (χ0) is 9.30. The van der Waals surface area contributed by atoms with Crippen LogP contribution in [0.4, 0.5) is 0 Å². The zero-order valence-electron chi connectivity index (χ0n) is 8.23. The summed E-state index contributed by atoms with van der Waals surface area (Å²) in [5.41, 5.74) is 5.93. The quantitative estimate of drug-likeness (QED) is 0.617. The number of rotatable bonds is 1. The van der Waals surface area contributed by atoms with Crippen molar-refractivity contribution in [2.45, 2.75) is 27.7 Å². The summed E-state index contributed by atoms with van der Waals surface area (Å²) in [6.07, 6.45) is 1.91. The molecular weight excluding hydrogens is 146 g/mol. The Labute approximate surface area is 74.2 Å². The van der Waals surface area contributed by atoms with Gasteiger partial charge in [-0.25, -0.2) is 0 Å². The second-order valence-corrected chi connectivity index (χ2v) is 3.15. The van der Waals surface area contributed by atoms with Crippen molar-refractivity contribution in [2.75, 3.05) is 0 Å². The molecule has 0 saturated heterocycles. The van der Waals surface area contributed by atoms with E-state index in [-0.39, 0.29) is 0 Å². The summed E-state index contributed by atoms with van der Waals surface area (Å²) in [6.45, 7) is 12.1. The van der Waals surface area contributed by atoms with E-state index >= 15 is 0 Å². The molecule has 1 aromatic rings. The lowest BCUT2D eigenvalue weighted by Crippen LogP contribution is -1.98. The van der Waals surface area contributed by atoms with Crippen molar-refractivity contribution in [1.29, 1.82) is 0 Å². The summed E-state index contributed by atoms with van der Waals surface area (Å²) in [7, 11) is 0. The molecule has 1 heteroatoms. The third-order valence-electron chi connectivity index (χ3n) is 2.43. The fourth-order valence-corrected chi connectivity index (χ4v) is 1.40. The van der Waals surface area contributed by atoms with Crippen molar-refractivity contribution in [3.63, 3.8) is 0 Å². The maximum Gasteiger partial charge on any atom is 0.0411 e. The van der Waals surface area contributed by atoms with E-state index in [2.05, 4.69) is 25.4 Å². The van der Waals surface area contributed by atoms with Crippen LogP contribution in [0.2, 0.25) is 0 Å². The van der Waals surface area contributed by atoms with Crippen LogP contribution < -0.4 is 0 Å². The summed E-state index contributed by atoms with van der Waals surface area (Å²) < 4.78 is 0. The van der Waals surface area contributed by atoms with Crippen molar-refractivity contribution < 1.29 is 0 Å². The number of aryl methyl sites for hydroxylation is 2. The fraction of sp³-hybridized carbons (Fsp3) is 0.364. The Morgan fingerprint density at radius 2 is 1.42 bits per heavy atom. The SMILES string of the molecule is C=Cc1c(C)c(C)nc(C)c1C. The van der Waals surface area contributed by atoms with E-state index in [1.165, 1.54) is 16.7 Å². The van der Waals surface area contributed by atoms with Crippen molar-refractivity contribution in [1.82, 2.24) is 4.98 Å². The van der Waals surface area contributed by atoms with Gasteiger partial charge in [0.1, 0.15) is 0 Å². The van der Waals surface area contributed by atoms with Gasteiger partial charge in [-0.1, -0.05) is 12.7 Å². The number of aromatic nitrogens is 1. The topological polar surface area (TPSA) is 12.9 Å². The van der Waals surface area contributed by atoms with Crippen LogP contribution in [0.3, 0.4) is 0 Å². The van der Waals surface area contributed by atoms with Gasteiger partial charge in [-0.05, 0) is 44.4 Å². The van der Waals surface area contributed by atoms with Crippen LogP contribution in [0, 0.1) is 27.7 Å². The molecule has 1 rings (SSSR count). The van der Waals surface area contributed by atoms with Crippen LogP contribution in [0.1, 0.15) is 28.1 Å². The molecule has 0 N–H and O–H groups in total. The predicted octanol–water partition coefficient (Wildman–Crippen LogP) is 2.96. The molecule has 0 spiro atoms. The van der Waals surface area contributed by atoms with Gasteiger partial charge in [-0.3, -0.25) is 4.98 Å². The first-order valence-corrected chi connectivity index (χ1v) is 4.14. The molecule has 0 atom stereocenters. The van der Waals surface area contributed by atoms with E-state index in [9.17, 15) is 0 Å². The van der Waals surface area contributed by atoms with Crippen molar-refractivity contribution >= 4 is 6.08 Å². The molecule has 12 heavy (non-hydrogen) atoms. The van der Waals surface area contributed by atoms with Crippen LogP contribution >= 0.6 is 0 Å². The van der Waals surface area contributed by atoms with Gasteiger partial charge in [0.25, 0.3) is 0 Å². The summed E-state index contributed by atoms with van der Waals surface area (Å²) in [6, 6.07) is 0. The van der Waals surface area contributed by atoms with E-state index in [4.69, 9.17) is 0 Å². The molecule has 64 valence electrons. The molecular formula is C11H15N. The molecule has 1 aromatic heterocycles. The lowest BCUT2D eigenvalue weighted by atomic mass is 10.0. The van der Waals surface area contributed by atoms with Gasteiger partial charge in [0.05, 0.1) is 0 Å². The predicted molar refractivity (Wildman–Crippen MR) is 53.3 cm³/mol. The second-order valence-electron chi connectivity index (χ2n) is 3.15. The number of hydrogen-bond donors (Lipinski definition) is 0. The smallest absolute Gasteiger partial charge is 0.0411 e. The Morgan fingerprint density at radius 3 is 1.75 bits per heavy atom. The number of nitrogens with zero attached hydrogens (tertiary/aromatic N) is 1. The highest BCUT2D eigenvalue weighted by atomic mass is 14.7. The first kappa shape index (κ1) is 8.98. The van der Waals surface area contributed by atoms with Crippen LogP contribution in [-0.4, -0.2) is 4.98 Å². The molecule has 0 bridgehead atoms. The molecule has 0 aliphatic heterocycles. The van der Waals surface area contributed by atoms with Gasteiger partial charge in [0, 0.05) is 11.4 Å². The van der Waals surface area contributed by atoms with Crippen molar-refractivity contribution in [2.24, 2.45) is 0 Å². The van der Waals surface area contributed by atoms with Crippen LogP contribution in [-0.2, 0) is 0 Å². The van der Waals surface area contributed by atoms with Gasteiger partial charge in [-0.15, -0.1) is 0 Å². The van der Waals surface area contributed by atoms with Gasteiger partial charge in [0.2, 0.25) is 0 Å². The summed E-state index contributed by atoms with van der Waals surface area (Å²) >= 11 is 0. The minimum atomic E-state index is 1.10. The zero-order valence-corrected chi connectivity index (χ0v) is 8.23. The maximum absolute atomic E-state index is 4.43. The highest BCUT2D eigenvalue weighted by Crippen LogP contribution is 2.19. The third kappa shape index (κ3) is 1.27. The minimum Gasteiger partial charge on any atom is -0.258 e. The van der Waals surface area contributed by atoms with E-state index < -0.39 is 0 Å². The monoisotopic (exact) mass is 161 g/mol.